The van der Waals surface area contributed by atoms with Gasteiger partial charge in [0.05, 0.1) is 6.54 Å². The highest BCUT2D eigenvalue weighted by atomic mass is 16.5. The first-order chi connectivity index (χ1) is 17.0. The van der Waals surface area contributed by atoms with Crippen molar-refractivity contribution in [3.8, 4) is 11.1 Å². The number of carbonyl (C=O) groups excluding carboxylic acids is 2. The van der Waals surface area contributed by atoms with Crippen LogP contribution in [-0.2, 0) is 14.3 Å². The molecule has 0 spiro atoms. The number of carbonyl (C=O) groups is 3. The maximum atomic E-state index is 12.9. The Balaban J connectivity index is 1.07. The predicted octanol–water partition coefficient (Wildman–Crippen LogP) is 2.78. The first-order valence-electron chi connectivity index (χ1n) is 12.3. The van der Waals surface area contributed by atoms with E-state index in [1.54, 1.807) is 0 Å². The van der Waals surface area contributed by atoms with Crippen molar-refractivity contribution in [3.63, 3.8) is 0 Å². The smallest absolute Gasteiger partial charge is 0.407 e. The van der Waals surface area contributed by atoms with Crippen LogP contribution in [0.25, 0.3) is 11.1 Å². The minimum absolute atomic E-state index is 0.0120. The SMILES string of the molecule is O=C(O)CN1CCCN(C(=O)[C@H]2C[C@H]2CNC(=O)OCC2c3ccccc3-c3ccccc32)CC1. The number of hydrogen-bond donors (Lipinski definition) is 2. The van der Waals surface area contributed by atoms with Crippen molar-refractivity contribution in [1.82, 2.24) is 15.1 Å². The highest BCUT2D eigenvalue weighted by Gasteiger charge is 2.45. The molecular weight excluding hydrogens is 446 g/mol. The van der Waals surface area contributed by atoms with E-state index in [1.807, 2.05) is 34.1 Å². The van der Waals surface area contributed by atoms with Crippen molar-refractivity contribution < 1.29 is 24.2 Å². The lowest BCUT2D eigenvalue weighted by Gasteiger charge is -2.21. The fourth-order valence-electron chi connectivity index (χ4n) is 5.41. The van der Waals surface area contributed by atoms with Gasteiger partial charge in [-0.15, -0.1) is 0 Å². The van der Waals surface area contributed by atoms with Gasteiger partial charge in [-0.25, -0.2) is 4.79 Å². The lowest BCUT2D eigenvalue weighted by molar-refractivity contribution is -0.138. The average molecular weight is 478 g/mol. The summed E-state index contributed by atoms with van der Waals surface area (Å²) in [6, 6.07) is 16.5. The van der Waals surface area contributed by atoms with Crippen LogP contribution < -0.4 is 5.32 Å². The Hall–Kier alpha value is -3.39. The summed E-state index contributed by atoms with van der Waals surface area (Å²) in [5, 5.41) is 11.8. The van der Waals surface area contributed by atoms with Gasteiger partial charge in [-0.05, 0) is 41.0 Å². The third-order valence-electron chi connectivity index (χ3n) is 7.35. The van der Waals surface area contributed by atoms with Crippen molar-refractivity contribution in [1.29, 1.82) is 0 Å². The molecule has 35 heavy (non-hydrogen) atoms. The molecule has 2 aliphatic carbocycles. The van der Waals surface area contributed by atoms with Crippen molar-refractivity contribution in [2.45, 2.75) is 18.8 Å². The predicted molar refractivity (Wildman–Crippen MR) is 130 cm³/mol. The standard InChI is InChI=1S/C27H31N3O5/c31-25(32)16-29-10-5-11-30(13-12-29)26(33)23-14-18(23)15-28-27(34)35-17-24-21-8-3-1-6-19(21)20-7-2-4-9-22(20)24/h1-4,6-9,18,23-24H,5,10-17H2,(H,28,34)(H,31,32)/t18-,23-/m0/s1. The van der Waals surface area contributed by atoms with E-state index in [0.717, 1.165) is 12.8 Å². The topological polar surface area (TPSA) is 99.2 Å². The zero-order chi connectivity index (χ0) is 24.4. The summed E-state index contributed by atoms with van der Waals surface area (Å²) in [4.78, 5) is 40.0. The van der Waals surface area contributed by atoms with Crippen LogP contribution in [-0.4, -0.2) is 78.8 Å². The number of nitrogens with zero attached hydrogens (tertiary/aromatic N) is 2. The zero-order valence-electron chi connectivity index (χ0n) is 19.7. The van der Waals surface area contributed by atoms with E-state index in [4.69, 9.17) is 9.84 Å². The molecule has 2 aromatic carbocycles. The second-order valence-electron chi connectivity index (χ2n) is 9.66. The van der Waals surface area contributed by atoms with Gasteiger partial charge >= 0.3 is 12.1 Å². The van der Waals surface area contributed by atoms with Gasteiger partial charge in [0, 0.05) is 44.6 Å². The fourth-order valence-corrected chi connectivity index (χ4v) is 5.41. The Labute approximate surface area is 204 Å². The molecule has 0 bridgehead atoms. The number of alkyl carbamates (subject to hydrolysis) is 1. The normalized spacial score (nSPS) is 21.5. The van der Waals surface area contributed by atoms with Gasteiger partial charge in [-0.1, -0.05) is 48.5 Å². The number of fused-ring (bicyclic) bond motifs is 3. The maximum absolute atomic E-state index is 12.9. The van der Waals surface area contributed by atoms with Crippen LogP contribution in [0.4, 0.5) is 4.79 Å². The van der Waals surface area contributed by atoms with Crippen molar-refractivity contribution >= 4 is 18.0 Å². The lowest BCUT2D eigenvalue weighted by Crippen LogP contribution is -2.38. The van der Waals surface area contributed by atoms with E-state index in [2.05, 4.69) is 29.6 Å². The van der Waals surface area contributed by atoms with E-state index in [-0.39, 0.29) is 36.8 Å². The molecule has 0 unspecified atom stereocenters. The van der Waals surface area contributed by atoms with Crippen molar-refractivity contribution in [2.24, 2.45) is 11.8 Å². The number of carboxylic acid groups (broad SMARTS) is 1. The monoisotopic (exact) mass is 477 g/mol. The molecule has 1 heterocycles. The first kappa shape index (κ1) is 23.4. The molecule has 1 saturated heterocycles. The number of rotatable bonds is 7. The Morgan fingerprint density at radius 1 is 0.943 bits per heavy atom. The quantitative estimate of drug-likeness (QED) is 0.636. The minimum atomic E-state index is -0.841. The van der Waals surface area contributed by atoms with E-state index in [9.17, 15) is 14.4 Å². The molecule has 5 rings (SSSR count). The molecule has 0 radical (unpaired) electrons. The summed E-state index contributed by atoms with van der Waals surface area (Å²) in [5.74, 6) is -0.656. The highest BCUT2D eigenvalue weighted by molar-refractivity contribution is 5.82. The fraction of sp³-hybridized carbons (Fsp3) is 0.444. The van der Waals surface area contributed by atoms with E-state index in [0.29, 0.717) is 32.7 Å². The van der Waals surface area contributed by atoms with Gasteiger partial charge in [0.2, 0.25) is 5.91 Å². The third-order valence-corrected chi connectivity index (χ3v) is 7.35. The van der Waals surface area contributed by atoms with Crippen LogP contribution in [0.15, 0.2) is 48.5 Å². The number of ether oxygens (including phenoxy) is 1. The molecule has 2 amide bonds. The number of hydrogen-bond acceptors (Lipinski definition) is 5. The van der Waals surface area contributed by atoms with Crippen LogP contribution in [0, 0.1) is 11.8 Å². The molecule has 8 heteroatoms. The number of benzene rings is 2. The number of aliphatic carboxylic acids is 1. The minimum Gasteiger partial charge on any atom is -0.480 e. The highest BCUT2D eigenvalue weighted by Crippen LogP contribution is 2.44. The van der Waals surface area contributed by atoms with Crippen LogP contribution in [0.5, 0.6) is 0 Å². The summed E-state index contributed by atoms with van der Waals surface area (Å²) < 4.78 is 5.59. The van der Waals surface area contributed by atoms with Gasteiger partial charge in [0.1, 0.15) is 6.61 Å². The molecule has 0 aromatic heterocycles. The Morgan fingerprint density at radius 2 is 1.63 bits per heavy atom. The molecule has 1 aliphatic heterocycles. The molecule has 8 nitrogen and oxygen atoms in total. The average Bonchev–Trinajstić information content (AvgIpc) is 3.61. The van der Waals surface area contributed by atoms with Crippen LogP contribution in [0.1, 0.15) is 29.9 Å². The Morgan fingerprint density at radius 3 is 2.31 bits per heavy atom. The van der Waals surface area contributed by atoms with E-state index < -0.39 is 12.1 Å². The molecule has 2 fully saturated rings. The molecule has 2 aromatic rings. The lowest BCUT2D eigenvalue weighted by atomic mass is 9.98. The van der Waals surface area contributed by atoms with Crippen LogP contribution >= 0.6 is 0 Å². The summed E-state index contributed by atoms with van der Waals surface area (Å²) in [7, 11) is 0. The maximum Gasteiger partial charge on any atom is 0.407 e. The van der Waals surface area contributed by atoms with Crippen LogP contribution in [0.3, 0.4) is 0 Å². The van der Waals surface area contributed by atoms with Crippen molar-refractivity contribution in [2.75, 3.05) is 45.9 Å². The first-order valence-corrected chi connectivity index (χ1v) is 12.3. The number of amides is 2. The molecule has 2 N–H and O–H groups in total. The third kappa shape index (κ3) is 5.17. The molecule has 184 valence electrons. The van der Waals surface area contributed by atoms with Gasteiger partial charge < -0.3 is 20.1 Å². The molecular formula is C27H31N3O5. The molecule has 1 saturated carbocycles. The van der Waals surface area contributed by atoms with Gasteiger partial charge in [-0.2, -0.15) is 0 Å². The van der Waals surface area contributed by atoms with Gasteiger partial charge in [0.15, 0.2) is 0 Å². The molecule has 3 aliphatic rings. The number of carboxylic acids is 1. The summed E-state index contributed by atoms with van der Waals surface area (Å²) in [5.41, 5.74) is 4.73. The Kier molecular flexibility index (Phi) is 6.72. The number of nitrogens with one attached hydrogen (secondary N) is 1. The second kappa shape index (κ2) is 10.1. The van der Waals surface area contributed by atoms with E-state index >= 15 is 0 Å². The summed E-state index contributed by atoms with van der Waals surface area (Å²) >= 11 is 0. The second-order valence-corrected chi connectivity index (χ2v) is 9.66. The van der Waals surface area contributed by atoms with E-state index in [1.165, 1.54) is 22.3 Å². The zero-order valence-corrected chi connectivity index (χ0v) is 19.7. The largest absolute Gasteiger partial charge is 0.480 e. The summed E-state index contributed by atoms with van der Waals surface area (Å²) in [6.07, 6.45) is 1.08. The Bertz CT molecular complexity index is 1070. The van der Waals surface area contributed by atoms with Gasteiger partial charge in [-0.3, -0.25) is 14.5 Å². The van der Waals surface area contributed by atoms with Crippen molar-refractivity contribution in [3.05, 3.63) is 59.7 Å². The van der Waals surface area contributed by atoms with Gasteiger partial charge in [0.25, 0.3) is 0 Å². The summed E-state index contributed by atoms with van der Waals surface area (Å²) in [6.45, 7) is 3.17. The molecule has 2 atom stereocenters. The van der Waals surface area contributed by atoms with Crippen LogP contribution in [0.2, 0.25) is 0 Å².